The van der Waals surface area contributed by atoms with Crippen LogP contribution in [0.4, 0.5) is 0 Å². The molecule has 3 N–H and O–H groups in total. The monoisotopic (exact) mass is 494 g/mol. The van der Waals surface area contributed by atoms with Crippen LogP contribution in [0.15, 0.2) is 95.5 Å². The van der Waals surface area contributed by atoms with Crippen LogP contribution in [0.5, 0.6) is 0 Å². The summed E-state index contributed by atoms with van der Waals surface area (Å²) < 4.78 is 6.09. The number of nitrogens with one attached hydrogen (secondary N) is 3. The lowest BCUT2D eigenvalue weighted by molar-refractivity contribution is -0.129. The minimum Gasteiger partial charge on any atom is -0.460 e. The maximum Gasteiger partial charge on any atom is 0.242 e. The molecule has 2 heterocycles. The van der Waals surface area contributed by atoms with Gasteiger partial charge in [-0.2, -0.15) is 0 Å². The van der Waals surface area contributed by atoms with Crippen molar-refractivity contribution in [2.75, 3.05) is 20.6 Å². The molecule has 0 aliphatic heterocycles. The molecule has 0 fully saturated rings. The Morgan fingerprint density at radius 1 is 1.00 bits per heavy atom. The van der Waals surface area contributed by atoms with Gasteiger partial charge in [0.05, 0.1) is 12.6 Å². The third-order valence-electron chi connectivity index (χ3n) is 6.91. The van der Waals surface area contributed by atoms with Gasteiger partial charge in [-0.1, -0.05) is 66.7 Å². The largest absolute Gasteiger partial charge is 0.460 e. The molecule has 0 unspecified atom stereocenters. The second-order valence-corrected chi connectivity index (χ2v) is 10.1. The van der Waals surface area contributed by atoms with Gasteiger partial charge in [0.15, 0.2) is 0 Å². The van der Waals surface area contributed by atoms with Gasteiger partial charge in [0, 0.05) is 35.5 Å². The minimum atomic E-state index is -0.906. The fourth-order valence-corrected chi connectivity index (χ4v) is 5.09. The summed E-state index contributed by atoms with van der Waals surface area (Å²) in [7, 11) is 4.00. The maximum absolute atomic E-state index is 14.2. The summed E-state index contributed by atoms with van der Waals surface area (Å²) >= 11 is 0. The number of carbonyl (C=O) groups excluding carboxylic acids is 1. The first kappa shape index (κ1) is 24.8. The Hall–Kier alpha value is -3.87. The van der Waals surface area contributed by atoms with Gasteiger partial charge in [0.1, 0.15) is 16.9 Å². The van der Waals surface area contributed by atoms with E-state index in [1.165, 1.54) is 0 Å². The zero-order valence-corrected chi connectivity index (χ0v) is 21.6. The second-order valence-electron chi connectivity index (χ2n) is 10.1. The van der Waals surface area contributed by atoms with Gasteiger partial charge in [0.25, 0.3) is 0 Å². The molecule has 3 aromatic carbocycles. The van der Waals surface area contributed by atoms with Crippen LogP contribution in [0.2, 0.25) is 0 Å². The Morgan fingerprint density at radius 3 is 2.51 bits per heavy atom. The van der Waals surface area contributed by atoms with Gasteiger partial charge >= 0.3 is 0 Å². The predicted octanol–water partition coefficient (Wildman–Crippen LogP) is 5.42. The number of hydrogen-bond donors (Lipinski definition) is 3. The van der Waals surface area contributed by atoms with Gasteiger partial charge in [-0.05, 0) is 50.3 Å². The number of hydrogen-bond acceptors (Lipinski definition) is 4. The van der Waals surface area contributed by atoms with Gasteiger partial charge in [-0.3, -0.25) is 10.1 Å². The number of nitrogens with zero attached hydrogens (tertiary/aromatic N) is 1. The van der Waals surface area contributed by atoms with Crippen molar-refractivity contribution in [3.05, 3.63) is 108 Å². The summed E-state index contributed by atoms with van der Waals surface area (Å²) in [5.74, 6) is 0.756. The first-order valence-electron chi connectivity index (χ1n) is 12.7. The molecule has 0 bridgehead atoms. The second kappa shape index (κ2) is 10.6. The number of furan rings is 1. The molecule has 0 saturated heterocycles. The van der Waals surface area contributed by atoms with E-state index in [1.807, 2.05) is 100 Å². The number of rotatable bonds is 10. The average Bonchev–Trinajstić information content (AvgIpc) is 3.51. The lowest BCUT2D eigenvalue weighted by Gasteiger charge is -2.37. The Bertz CT molecular complexity index is 1450. The fourth-order valence-electron chi connectivity index (χ4n) is 5.09. The number of para-hydroxylation sites is 2. The highest BCUT2D eigenvalue weighted by molar-refractivity contribution is 5.89. The van der Waals surface area contributed by atoms with E-state index in [-0.39, 0.29) is 11.9 Å². The Labute approximate surface area is 217 Å². The first-order chi connectivity index (χ1) is 17.9. The smallest absolute Gasteiger partial charge is 0.242 e. The van der Waals surface area contributed by atoms with Crippen molar-refractivity contribution in [2.45, 2.75) is 31.5 Å². The predicted molar refractivity (Wildman–Crippen MR) is 149 cm³/mol. The van der Waals surface area contributed by atoms with E-state index in [9.17, 15) is 4.79 Å². The molecule has 0 aliphatic carbocycles. The summed E-state index contributed by atoms with van der Waals surface area (Å²) in [5, 5.41) is 9.11. The van der Waals surface area contributed by atoms with Crippen molar-refractivity contribution in [2.24, 2.45) is 0 Å². The molecule has 5 rings (SSSR count). The van der Waals surface area contributed by atoms with Gasteiger partial charge in [0.2, 0.25) is 5.91 Å². The molecule has 5 aromatic rings. The molecule has 0 aliphatic rings. The van der Waals surface area contributed by atoms with Crippen LogP contribution in [0.3, 0.4) is 0 Å². The van der Waals surface area contributed by atoms with E-state index in [2.05, 4.69) is 32.7 Å². The van der Waals surface area contributed by atoms with Crippen molar-refractivity contribution in [1.29, 1.82) is 0 Å². The van der Waals surface area contributed by atoms with Crippen LogP contribution in [0, 0.1) is 0 Å². The normalized spacial score (nSPS) is 14.2. The van der Waals surface area contributed by atoms with Crippen LogP contribution in [-0.2, 0) is 17.8 Å². The standard InChI is InChI=1S/C31H34N4O2/c1-22(23-11-5-4-6-12-23)34-30(36)31(21-35(2)3,18-25-19-32-28-15-9-8-14-27(25)28)33-20-26-17-24-13-7-10-16-29(24)37-26/h4-17,19,22,32-33H,18,20-21H2,1-3H3,(H,34,36)/t22-,31-/m0/s1. The molecule has 6 nitrogen and oxygen atoms in total. The third-order valence-corrected chi connectivity index (χ3v) is 6.91. The van der Waals surface area contributed by atoms with E-state index >= 15 is 0 Å². The van der Waals surface area contributed by atoms with E-state index in [0.717, 1.165) is 38.8 Å². The molecule has 0 radical (unpaired) electrons. The number of amides is 1. The number of carbonyl (C=O) groups is 1. The van der Waals surface area contributed by atoms with Crippen molar-refractivity contribution in [1.82, 2.24) is 20.5 Å². The number of aromatic amines is 1. The summed E-state index contributed by atoms with van der Waals surface area (Å²) in [4.78, 5) is 19.6. The van der Waals surface area contributed by atoms with Crippen LogP contribution in [0.1, 0.15) is 29.9 Å². The Kier molecular flexibility index (Phi) is 7.12. The number of fused-ring (bicyclic) bond motifs is 2. The highest BCUT2D eigenvalue weighted by Crippen LogP contribution is 2.26. The zero-order chi connectivity index (χ0) is 25.8. The molecule has 190 valence electrons. The van der Waals surface area contributed by atoms with E-state index in [4.69, 9.17) is 4.42 Å². The molecule has 6 heteroatoms. The third kappa shape index (κ3) is 5.45. The van der Waals surface area contributed by atoms with Crippen LogP contribution in [-0.4, -0.2) is 42.0 Å². The highest BCUT2D eigenvalue weighted by atomic mass is 16.3. The molecule has 0 spiro atoms. The van der Waals surface area contributed by atoms with E-state index in [1.54, 1.807) is 0 Å². The molecular formula is C31H34N4O2. The lowest BCUT2D eigenvalue weighted by atomic mass is 9.88. The lowest BCUT2D eigenvalue weighted by Crippen LogP contribution is -2.63. The van der Waals surface area contributed by atoms with Gasteiger partial charge in [-0.25, -0.2) is 0 Å². The molecule has 0 saturated carbocycles. The van der Waals surface area contributed by atoms with Gasteiger partial charge in [-0.15, -0.1) is 0 Å². The van der Waals surface area contributed by atoms with Crippen molar-refractivity contribution >= 4 is 27.8 Å². The molecule has 1 amide bonds. The maximum atomic E-state index is 14.2. The fraction of sp³-hybridized carbons (Fsp3) is 0.258. The SMILES string of the molecule is C[C@H](NC(=O)[C@](Cc1c[nH]c2ccccc12)(CN(C)C)NCc1cc2ccccc2o1)c1ccccc1. The van der Waals surface area contributed by atoms with Crippen LogP contribution >= 0.6 is 0 Å². The average molecular weight is 495 g/mol. The Morgan fingerprint density at radius 2 is 1.73 bits per heavy atom. The quantitative estimate of drug-likeness (QED) is 0.242. The molecular weight excluding hydrogens is 460 g/mol. The van der Waals surface area contributed by atoms with Gasteiger partial charge < -0.3 is 19.6 Å². The van der Waals surface area contributed by atoms with E-state index < -0.39 is 5.54 Å². The number of benzene rings is 3. The van der Waals surface area contributed by atoms with Crippen molar-refractivity contribution < 1.29 is 9.21 Å². The highest BCUT2D eigenvalue weighted by Gasteiger charge is 2.40. The number of H-pyrrole nitrogens is 1. The Balaban J connectivity index is 1.50. The number of likely N-dealkylation sites (N-methyl/N-ethyl adjacent to an activating group) is 1. The first-order valence-corrected chi connectivity index (χ1v) is 12.7. The summed E-state index contributed by atoms with van der Waals surface area (Å²) in [6.45, 7) is 2.97. The zero-order valence-electron chi connectivity index (χ0n) is 21.6. The molecule has 2 atom stereocenters. The van der Waals surface area contributed by atoms with Crippen LogP contribution < -0.4 is 10.6 Å². The molecule has 37 heavy (non-hydrogen) atoms. The molecule has 2 aromatic heterocycles. The number of aromatic nitrogens is 1. The topological polar surface area (TPSA) is 73.3 Å². The summed E-state index contributed by atoms with van der Waals surface area (Å²) in [5.41, 5.74) is 3.16. The summed E-state index contributed by atoms with van der Waals surface area (Å²) in [6, 6.07) is 28.2. The minimum absolute atomic E-state index is 0.0426. The van der Waals surface area contributed by atoms with Crippen molar-refractivity contribution in [3.8, 4) is 0 Å². The van der Waals surface area contributed by atoms with E-state index in [0.29, 0.717) is 19.5 Å². The van der Waals surface area contributed by atoms with Crippen molar-refractivity contribution in [3.63, 3.8) is 0 Å². The summed E-state index contributed by atoms with van der Waals surface area (Å²) in [6.07, 6.45) is 2.54. The van der Waals surface area contributed by atoms with Crippen LogP contribution in [0.25, 0.3) is 21.9 Å².